The van der Waals surface area contributed by atoms with Crippen molar-refractivity contribution in [2.75, 3.05) is 13.1 Å². The highest BCUT2D eigenvalue weighted by Crippen LogP contribution is 2.07. The highest BCUT2D eigenvalue weighted by atomic mass is 35.5. The third kappa shape index (κ3) is 4.84. The molecular weight excluding hydrogens is 260 g/mol. The number of carbonyl (C=O) groups is 1. The van der Waals surface area contributed by atoms with Gasteiger partial charge in [0.2, 0.25) is 0 Å². The fraction of sp³-hybridized carbons (Fsp3) is 0.533. The standard InChI is InChI=1S/C15H22N2O.ClH/c1-2-4-12-6-8-13(9-7-12)15(18)17-11-14-5-3-10-16-14;/h6-9,14,16H,2-5,10-11H2,1H3,(H,17,18);1H. The highest BCUT2D eigenvalue weighted by Gasteiger charge is 2.15. The quantitative estimate of drug-likeness (QED) is 0.871. The van der Waals surface area contributed by atoms with Gasteiger partial charge in [-0.3, -0.25) is 4.79 Å². The molecule has 1 atom stereocenters. The summed E-state index contributed by atoms with van der Waals surface area (Å²) >= 11 is 0. The van der Waals surface area contributed by atoms with Crippen molar-refractivity contribution in [2.45, 2.75) is 38.6 Å². The molecular formula is C15H23ClN2O. The second-order valence-corrected chi connectivity index (χ2v) is 4.95. The van der Waals surface area contributed by atoms with Gasteiger partial charge in [-0.1, -0.05) is 25.5 Å². The number of aryl methyl sites for hydroxylation is 1. The summed E-state index contributed by atoms with van der Waals surface area (Å²) in [5, 5.41) is 6.37. The zero-order chi connectivity index (χ0) is 12.8. The van der Waals surface area contributed by atoms with E-state index >= 15 is 0 Å². The topological polar surface area (TPSA) is 41.1 Å². The summed E-state index contributed by atoms with van der Waals surface area (Å²) in [6.07, 6.45) is 4.59. The SMILES string of the molecule is CCCc1ccc(C(=O)NCC2CCCN2)cc1.Cl. The van der Waals surface area contributed by atoms with E-state index in [9.17, 15) is 4.79 Å². The molecule has 1 saturated heterocycles. The number of rotatable bonds is 5. The Hall–Kier alpha value is -1.06. The summed E-state index contributed by atoms with van der Waals surface area (Å²) in [6.45, 7) is 3.97. The molecule has 0 bridgehead atoms. The number of halogens is 1. The van der Waals surface area contributed by atoms with Gasteiger partial charge in [0.15, 0.2) is 0 Å². The van der Waals surface area contributed by atoms with Crippen LogP contribution in [0.15, 0.2) is 24.3 Å². The van der Waals surface area contributed by atoms with Crippen molar-refractivity contribution in [3.63, 3.8) is 0 Å². The van der Waals surface area contributed by atoms with Crippen LogP contribution in [0.3, 0.4) is 0 Å². The molecule has 19 heavy (non-hydrogen) atoms. The predicted molar refractivity (Wildman–Crippen MR) is 81.0 cm³/mol. The largest absolute Gasteiger partial charge is 0.350 e. The molecule has 1 heterocycles. The van der Waals surface area contributed by atoms with Crippen LogP contribution in [-0.2, 0) is 6.42 Å². The van der Waals surface area contributed by atoms with Gasteiger partial charge in [-0.2, -0.15) is 0 Å². The van der Waals surface area contributed by atoms with E-state index in [1.807, 2.05) is 24.3 Å². The number of hydrogen-bond donors (Lipinski definition) is 2. The Morgan fingerprint density at radius 3 is 2.68 bits per heavy atom. The van der Waals surface area contributed by atoms with Crippen LogP contribution in [0.1, 0.15) is 42.1 Å². The summed E-state index contributed by atoms with van der Waals surface area (Å²) in [4.78, 5) is 11.9. The van der Waals surface area contributed by atoms with Crippen molar-refractivity contribution in [3.05, 3.63) is 35.4 Å². The van der Waals surface area contributed by atoms with Crippen LogP contribution >= 0.6 is 12.4 Å². The van der Waals surface area contributed by atoms with Crippen LogP contribution in [0.2, 0.25) is 0 Å². The molecule has 0 aromatic heterocycles. The number of benzene rings is 1. The van der Waals surface area contributed by atoms with Crippen molar-refractivity contribution in [2.24, 2.45) is 0 Å². The lowest BCUT2D eigenvalue weighted by atomic mass is 10.1. The van der Waals surface area contributed by atoms with Gasteiger partial charge in [0.05, 0.1) is 0 Å². The molecule has 1 unspecified atom stereocenters. The van der Waals surface area contributed by atoms with Crippen LogP contribution in [0.25, 0.3) is 0 Å². The van der Waals surface area contributed by atoms with Crippen LogP contribution in [0.4, 0.5) is 0 Å². The lowest BCUT2D eigenvalue weighted by molar-refractivity contribution is 0.0950. The van der Waals surface area contributed by atoms with Crippen molar-refractivity contribution in [1.29, 1.82) is 0 Å². The number of nitrogens with one attached hydrogen (secondary N) is 2. The minimum atomic E-state index is 0. The van der Waals surface area contributed by atoms with E-state index in [1.165, 1.54) is 12.0 Å². The molecule has 1 amide bonds. The molecule has 0 saturated carbocycles. The summed E-state index contributed by atoms with van der Waals surface area (Å²) in [5.74, 6) is 0.0340. The predicted octanol–water partition coefficient (Wildman–Crippen LogP) is 2.54. The van der Waals surface area contributed by atoms with E-state index in [2.05, 4.69) is 17.6 Å². The summed E-state index contributed by atoms with van der Waals surface area (Å²) in [6, 6.07) is 8.39. The lowest BCUT2D eigenvalue weighted by Crippen LogP contribution is -2.37. The minimum Gasteiger partial charge on any atom is -0.350 e. The van der Waals surface area contributed by atoms with Crippen LogP contribution in [0, 0.1) is 0 Å². The van der Waals surface area contributed by atoms with E-state index in [1.54, 1.807) is 0 Å². The molecule has 2 N–H and O–H groups in total. The van der Waals surface area contributed by atoms with Crippen LogP contribution in [0.5, 0.6) is 0 Å². The molecule has 1 fully saturated rings. The summed E-state index contributed by atoms with van der Waals surface area (Å²) in [7, 11) is 0. The maximum absolute atomic E-state index is 11.9. The van der Waals surface area contributed by atoms with E-state index in [0.29, 0.717) is 6.04 Å². The fourth-order valence-corrected chi connectivity index (χ4v) is 2.36. The molecule has 0 spiro atoms. The first-order chi connectivity index (χ1) is 8.79. The smallest absolute Gasteiger partial charge is 0.251 e. The van der Waals surface area contributed by atoms with Gasteiger partial charge in [0, 0.05) is 18.2 Å². The normalized spacial score (nSPS) is 17.8. The first-order valence-electron chi connectivity index (χ1n) is 6.90. The second-order valence-electron chi connectivity index (χ2n) is 4.95. The van der Waals surface area contributed by atoms with Gasteiger partial charge in [0.1, 0.15) is 0 Å². The molecule has 1 aliphatic heterocycles. The molecule has 3 nitrogen and oxygen atoms in total. The third-order valence-electron chi connectivity index (χ3n) is 3.43. The summed E-state index contributed by atoms with van der Waals surface area (Å²) < 4.78 is 0. The van der Waals surface area contributed by atoms with Gasteiger partial charge in [-0.25, -0.2) is 0 Å². The van der Waals surface area contributed by atoms with Gasteiger partial charge in [0.25, 0.3) is 5.91 Å². The number of carbonyl (C=O) groups excluding carboxylic acids is 1. The molecule has 0 aliphatic carbocycles. The van der Waals surface area contributed by atoms with Gasteiger partial charge >= 0.3 is 0 Å². The Bertz CT molecular complexity index is 386. The number of hydrogen-bond acceptors (Lipinski definition) is 2. The van der Waals surface area contributed by atoms with E-state index in [-0.39, 0.29) is 18.3 Å². The summed E-state index contributed by atoms with van der Waals surface area (Å²) in [5.41, 5.74) is 2.05. The Labute approximate surface area is 121 Å². The number of amides is 1. The zero-order valence-corrected chi connectivity index (χ0v) is 12.3. The van der Waals surface area contributed by atoms with Gasteiger partial charge in [-0.05, 0) is 43.5 Å². The first kappa shape index (κ1) is 16.0. The van der Waals surface area contributed by atoms with E-state index in [0.717, 1.165) is 37.9 Å². The van der Waals surface area contributed by atoms with E-state index in [4.69, 9.17) is 0 Å². The second kappa shape index (κ2) is 8.18. The molecule has 0 radical (unpaired) electrons. The molecule has 4 heteroatoms. The Morgan fingerprint density at radius 2 is 2.11 bits per heavy atom. The van der Waals surface area contributed by atoms with Gasteiger partial charge < -0.3 is 10.6 Å². The average molecular weight is 283 g/mol. The lowest BCUT2D eigenvalue weighted by Gasteiger charge is -2.11. The average Bonchev–Trinajstić information content (AvgIpc) is 2.90. The highest BCUT2D eigenvalue weighted by molar-refractivity contribution is 5.94. The Kier molecular flexibility index (Phi) is 6.89. The third-order valence-corrected chi connectivity index (χ3v) is 3.43. The molecule has 1 aliphatic rings. The van der Waals surface area contributed by atoms with Crippen molar-refractivity contribution in [1.82, 2.24) is 10.6 Å². The monoisotopic (exact) mass is 282 g/mol. The Morgan fingerprint density at radius 1 is 1.37 bits per heavy atom. The molecule has 2 rings (SSSR count). The van der Waals surface area contributed by atoms with E-state index < -0.39 is 0 Å². The molecule has 1 aromatic carbocycles. The van der Waals surface area contributed by atoms with Crippen molar-refractivity contribution in [3.8, 4) is 0 Å². The molecule has 106 valence electrons. The maximum Gasteiger partial charge on any atom is 0.251 e. The minimum absolute atomic E-state index is 0. The van der Waals surface area contributed by atoms with Crippen molar-refractivity contribution < 1.29 is 4.79 Å². The van der Waals surface area contributed by atoms with Gasteiger partial charge in [-0.15, -0.1) is 12.4 Å². The van der Waals surface area contributed by atoms with Crippen LogP contribution in [-0.4, -0.2) is 25.0 Å². The first-order valence-corrected chi connectivity index (χ1v) is 6.90. The fourth-order valence-electron chi connectivity index (χ4n) is 2.36. The van der Waals surface area contributed by atoms with Crippen molar-refractivity contribution >= 4 is 18.3 Å². The maximum atomic E-state index is 11.9. The zero-order valence-electron chi connectivity index (χ0n) is 11.4. The Balaban J connectivity index is 0.00000180. The molecule has 1 aromatic rings. The van der Waals surface area contributed by atoms with Crippen LogP contribution < -0.4 is 10.6 Å².